The number of nitrogens with zero attached hydrogens (tertiary/aromatic N) is 1. The highest BCUT2D eigenvalue weighted by molar-refractivity contribution is 5.85. The Hall–Kier alpha value is -2.31. The summed E-state index contributed by atoms with van der Waals surface area (Å²) >= 11 is 0. The summed E-state index contributed by atoms with van der Waals surface area (Å²) in [5.74, 6) is 1.68. The van der Waals surface area contributed by atoms with Crippen molar-refractivity contribution >= 4 is 16.7 Å². The van der Waals surface area contributed by atoms with Gasteiger partial charge in [-0.15, -0.1) is 0 Å². The van der Waals surface area contributed by atoms with Gasteiger partial charge in [-0.05, 0) is 53.8 Å². The summed E-state index contributed by atoms with van der Waals surface area (Å²) in [6.45, 7) is 3.86. The van der Waals surface area contributed by atoms with Crippen molar-refractivity contribution in [2.24, 2.45) is 4.99 Å². The fraction of sp³-hybridized carbons (Fsp3) is 0.500. The van der Waals surface area contributed by atoms with Gasteiger partial charge in [-0.25, -0.2) is 0 Å². The summed E-state index contributed by atoms with van der Waals surface area (Å²) < 4.78 is 16.5. The molecule has 1 saturated heterocycles. The van der Waals surface area contributed by atoms with E-state index in [0.29, 0.717) is 12.7 Å². The largest absolute Gasteiger partial charge is 0.497 e. The predicted octanol–water partition coefficient (Wildman–Crippen LogP) is 3.10. The third kappa shape index (κ3) is 6.11. The van der Waals surface area contributed by atoms with Crippen LogP contribution in [-0.2, 0) is 16.0 Å². The molecule has 152 valence electrons. The molecule has 6 nitrogen and oxygen atoms in total. The second-order valence-electron chi connectivity index (χ2n) is 6.96. The molecule has 1 heterocycles. The van der Waals surface area contributed by atoms with Crippen LogP contribution < -0.4 is 15.4 Å². The monoisotopic (exact) mass is 385 g/mol. The van der Waals surface area contributed by atoms with Gasteiger partial charge in [0, 0.05) is 33.4 Å². The van der Waals surface area contributed by atoms with E-state index < -0.39 is 0 Å². The van der Waals surface area contributed by atoms with E-state index in [9.17, 15) is 0 Å². The number of guanidine groups is 1. The van der Waals surface area contributed by atoms with Crippen molar-refractivity contribution in [3.8, 4) is 5.75 Å². The Bertz CT molecular complexity index is 773. The second-order valence-corrected chi connectivity index (χ2v) is 6.96. The van der Waals surface area contributed by atoms with E-state index in [4.69, 9.17) is 14.2 Å². The van der Waals surface area contributed by atoms with Crippen molar-refractivity contribution in [1.82, 2.24) is 10.6 Å². The number of aliphatic imine (C=N–C) groups is 1. The van der Waals surface area contributed by atoms with Gasteiger partial charge in [0.05, 0.1) is 19.8 Å². The van der Waals surface area contributed by atoms with Crippen LogP contribution in [0.25, 0.3) is 10.8 Å². The van der Waals surface area contributed by atoms with Crippen molar-refractivity contribution in [3.05, 3.63) is 42.0 Å². The zero-order valence-corrected chi connectivity index (χ0v) is 16.9. The molecule has 0 spiro atoms. The summed E-state index contributed by atoms with van der Waals surface area (Å²) in [5.41, 5.74) is 1.21. The minimum absolute atomic E-state index is 0.297. The van der Waals surface area contributed by atoms with Crippen LogP contribution in [0.2, 0.25) is 0 Å². The fourth-order valence-electron chi connectivity index (χ4n) is 3.29. The van der Waals surface area contributed by atoms with Gasteiger partial charge in [0.1, 0.15) is 5.75 Å². The molecular formula is C22H31N3O3. The molecule has 28 heavy (non-hydrogen) atoms. The van der Waals surface area contributed by atoms with Crippen LogP contribution in [0.1, 0.15) is 24.8 Å². The van der Waals surface area contributed by atoms with Crippen LogP contribution in [0.4, 0.5) is 0 Å². The Kier molecular flexibility index (Phi) is 7.94. The van der Waals surface area contributed by atoms with E-state index in [0.717, 1.165) is 57.3 Å². The van der Waals surface area contributed by atoms with Gasteiger partial charge >= 0.3 is 0 Å². The maximum atomic E-state index is 5.69. The highest BCUT2D eigenvalue weighted by atomic mass is 16.5. The number of rotatable bonds is 9. The normalized spacial score (nSPS) is 17.1. The molecule has 3 rings (SSSR count). The van der Waals surface area contributed by atoms with Crippen LogP contribution in [0.5, 0.6) is 5.75 Å². The number of hydrogen-bond donors (Lipinski definition) is 2. The maximum Gasteiger partial charge on any atom is 0.191 e. The topological polar surface area (TPSA) is 64.1 Å². The standard InChI is InChI=1S/C22H31N3O3/c1-23-22(24-10-4-11-27-16-21-5-3-12-28-21)25-15-17-6-7-19-14-20(26-2)9-8-18(19)13-17/h6-9,13-14,21H,3-5,10-12,15-16H2,1-2H3,(H2,23,24,25). The first-order valence-electron chi connectivity index (χ1n) is 9.99. The predicted molar refractivity (Wildman–Crippen MR) is 113 cm³/mol. The molecule has 0 amide bonds. The lowest BCUT2D eigenvalue weighted by molar-refractivity contribution is 0.0168. The van der Waals surface area contributed by atoms with Crippen molar-refractivity contribution in [2.45, 2.75) is 31.9 Å². The molecule has 0 aromatic heterocycles. The molecule has 1 aliphatic rings. The SMILES string of the molecule is CN=C(NCCCOCC1CCCO1)NCc1ccc2cc(OC)ccc2c1. The van der Waals surface area contributed by atoms with Crippen molar-refractivity contribution in [2.75, 3.05) is 40.5 Å². The molecule has 2 N–H and O–H groups in total. The van der Waals surface area contributed by atoms with E-state index in [1.165, 1.54) is 16.3 Å². The third-order valence-electron chi connectivity index (χ3n) is 4.88. The van der Waals surface area contributed by atoms with Crippen LogP contribution in [0.15, 0.2) is 41.4 Å². The zero-order chi connectivity index (χ0) is 19.6. The molecule has 0 bridgehead atoms. The lowest BCUT2D eigenvalue weighted by Gasteiger charge is -2.13. The number of hydrogen-bond acceptors (Lipinski definition) is 4. The average molecular weight is 386 g/mol. The number of nitrogens with one attached hydrogen (secondary N) is 2. The minimum Gasteiger partial charge on any atom is -0.497 e. The van der Waals surface area contributed by atoms with E-state index >= 15 is 0 Å². The average Bonchev–Trinajstić information content (AvgIpc) is 3.25. The van der Waals surface area contributed by atoms with Gasteiger partial charge in [-0.2, -0.15) is 0 Å². The molecule has 0 aliphatic carbocycles. The summed E-state index contributed by atoms with van der Waals surface area (Å²) in [6, 6.07) is 12.6. The lowest BCUT2D eigenvalue weighted by atomic mass is 10.1. The smallest absolute Gasteiger partial charge is 0.191 e. The molecule has 6 heteroatoms. The van der Waals surface area contributed by atoms with Gasteiger partial charge in [-0.3, -0.25) is 4.99 Å². The number of methoxy groups -OCH3 is 1. The van der Waals surface area contributed by atoms with Crippen LogP contribution in [0.3, 0.4) is 0 Å². The highest BCUT2D eigenvalue weighted by Gasteiger charge is 2.14. The third-order valence-corrected chi connectivity index (χ3v) is 4.88. The molecule has 0 saturated carbocycles. The van der Waals surface area contributed by atoms with Gasteiger partial charge in [0.2, 0.25) is 0 Å². The van der Waals surface area contributed by atoms with E-state index in [-0.39, 0.29) is 0 Å². The quantitative estimate of drug-likeness (QED) is 0.395. The fourth-order valence-corrected chi connectivity index (χ4v) is 3.29. The maximum absolute atomic E-state index is 5.69. The first kappa shape index (κ1) is 20.4. The van der Waals surface area contributed by atoms with Gasteiger partial charge in [0.15, 0.2) is 5.96 Å². The summed E-state index contributed by atoms with van der Waals surface area (Å²) in [4.78, 5) is 4.29. The molecule has 0 radical (unpaired) electrons. The first-order valence-corrected chi connectivity index (χ1v) is 9.99. The summed E-state index contributed by atoms with van der Waals surface area (Å²) in [5, 5.41) is 9.07. The van der Waals surface area contributed by atoms with Crippen molar-refractivity contribution in [1.29, 1.82) is 0 Å². The summed E-state index contributed by atoms with van der Waals surface area (Å²) in [7, 11) is 3.48. The number of ether oxygens (including phenoxy) is 3. The highest BCUT2D eigenvalue weighted by Crippen LogP contribution is 2.21. The Labute approximate surface area is 167 Å². The van der Waals surface area contributed by atoms with E-state index in [2.05, 4.69) is 39.9 Å². The zero-order valence-electron chi connectivity index (χ0n) is 16.9. The van der Waals surface area contributed by atoms with Gasteiger partial charge < -0.3 is 24.8 Å². The molecule has 2 aromatic rings. The summed E-state index contributed by atoms with van der Waals surface area (Å²) in [6.07, 6.45) is 3.51. The van der Waals surface area contributed by atoms with Crippen LogP contribution >= 0.6 is 0 Å². The number of benzene rings is 2. The Morgan fingerprint density at radius 2 is 2.04 bits per heavy atom. The molecule has 1 unspecified atom stereocenters. The molecule has 2 aromatic carbocycles. The Morgan fingerprint density at radius 3 is 2.82 bits per heavy atom. The molecule has 1 atom stereocenters. The lowest BCUT2D eigenvalue weighted by Crippen LogP contribution is -2.37. The minimum atomic E-state index is 0.297. The molecule has 1 aliphatic heterocycles. The van der Waals surface area contributed by atoms with E-state index in [1.54, 1.807) is 14.2 Å². The van der Waals surface area contributed by atoms with Gasteiger partial charge in [-0.1, -0.05) is 18.2 Å². The van der Waals surface area contributed by atoms with Crippen LogP contribution in [0, 0.1) is 0 Å². The van der Waals surface area contributed by atoms with Gasteiger partial charge in [0.25, 0.3) is 0 Å². The van der Waals surface area contributed by atoms with Crippen LogP contribution in [-0.4, -0.2) is 52.6 Å². The van der Waals surface area contributed by atoms with E-state index in [1.807, 2.05) is 12.1 Å². The second kappa shape index (κ2) is 10.9. The Morgan fingerprint density at radius 1 is 1.18 bits per heavy atom. The van der Waals surface area contributed by atoms with Crippen molar-refractivity contribution < 1.29 is 14.2 Å². The molecule has 1 fully saturated rings. The number of fused-ring (bicyclic) bond motifs is 1. The molecular weight excluding hydrogens is 354 g/mol. The first-order chi connectivity index (χ1) is 13.8. The Balaban J connectivity index is 1.37. The van der Waals surface area contributed by atoms with Crippen molar-refractivity contribution in [3.63, 3.8) is 0 Å².